The summed E-state index contributed by atoms with van der Waals surface area (Å²) in [4.78, 5) is 0. The van der Waals surface area contributed by atoms with E-state index in [2.05, 4.69) is 43.6 Å². The van der Waals surface area contributed by atoms with Gasteiger partial charge in [0.05, 0.1) is 0 Å². The fourth-order valence-corrected chi connectivity index (χ4v) is 1.59. The quantitative estimate of drug-likeness (QED) is 0.582. The van der Waals surface area contributed by atoms with Crippen molar-refractivity contribution in [1.82, 2.24) is 0 Å². The molecule has 0 spiro atoms. The lowest BCUT2D eigenvalue weighted by atomic mass is 9.94. The Kier molecular flexibility index (Phi) is 6.25. The lowest BCUT2D eigenvalue weighted by molar-refractivity contribution is 0.429. The van der Waals surface area contributed by atoms with Gasteiger partial charge in [-0.25, -0.2) is 0 Å². The van der Waals surface area contributed by atoms with Crippen LogP contribution in [0.5, 0.6) is 0 Å². The van der Waals surface area contributed by atoms with Crippen molar-refractivity contribution in [1.29, 1.82) is 0 Å². The predicted octanol–water partition coefficient (Wildman–Crippen LogP) is 4.77. The van der Waals surface area contributed by atoms with E-state index < -0.39 is 0 Å². The van der Waals surface area contributed by atoms with E-state index in [0.29, 0.717) is 4.32 Å². The Hall–Kier alpha value is 0.480. The smallest absolute Gasteiger partial charge is 0.0227 e. The molecular weight excluding hydrogens is 212 g/mol. The third-order valence-corrected chi connectivity index (χ3v) is 3.63. The van der Waals surface area contributed by atoms with Crippen molar-refractivity contribution >= 4 is 15.9 Å². The van der Waals surface area contributed by atoms with E-state index >= 15 is 0 Å². The van der Waals surface area contributed by atoms with E-state index in [4.69, 9.17) is 0 Å². The average Bonchev–Trinajstić information content (AvgIpc) is 2.02. The molecular formula is C11H23Br. The van der Waals surface area contributed by atoms with Crippen molar-refractivity contribution in [2.45, 2.75) is 64.1 Å². The van der Waals surface area contributed by atoms with Crippen molar-refractivity contribution in [3.63, 3.8) is 0 Å². The predicted molar refractivity (Wildman–Crippen MR) is 60.9 cm³/mol. The lowest BCUT2D eigenvalue weighted by Crippen LogP contribution is -2.15. The normalized spacial score (nSPS) is 18.8. The molecule has 2 atom stereocenters. The highest BCUT2D eigenvalue weighted by Crippen LogP contribution is 2.29. The van der Waals surface area contributed by atoms with Crippen molar-refractivity contribution in [2.75, 3.05) is 0 Å². The summed E-state index contributed by atoms with van der Waals surface area (Å²) in [6, 6.07) is 0. The monoisotopic (exact) mass is 234 g/mol. The zero-order chi connectivity index (χ0) is 9.61. The SMILES string of the molecule is CCCC(C)CC[C@](C)(Br)CC. The molecule has 0 bridgehead atoms. The van der Waals surface area contributed by atoms with Crippen LogP contribution >= 0.6 is 15.9 Å². The summed E-state index contributed by atoms with van der Waals surface area (Å²) in [6.07, 6.45) is 6.61. The van der Waals surface area contributed by atoms with Crippen LogP contribution in [0.25, 0.3) is 0 Å². The average molecular weight is 235 g/mol. The van der Waals surface area contributed by atoms with E-state index in [-0.39, 0.29) is 0 Å². The second kappa shape index (κ2) is 6.01. The Morgan fingerprint density at radius 3 is 2.25 bits per heavy atom. The van der Waals surface area contributed by atoms with Gasteiger partial charge >= 0.3 is 0 Å². The van der Waals surface area contributed by atoms with E-state index in [0.717, 1.165) is 5.92 Å². The fourth-order valence-electron chi connectivity index (χ4n) is 1.36. The molecule has 0 aliphatic rings. The van der Waals surface area contributed by atoms with E-state index in [9.17, 15) is 0 Å². The molecule has 74 valence electrons. The Bertz CT molecular complexity index is 108. The highest BCUT2D eigenvalue weighted by Gasteiger charge is 2.17. The Balaban J connectivity index is 3.52. The minimum absolute atomic E-state index is 0.384. The van der Waals surface area contributed by atoms with Gasteiger partial charge < -0.3 is 0 Å². The largest absolute Gasteiger partial charge is 0.0856 e. The Morgan fingerprint density at radius 1 is 1.25 bits per heavy atom. The van der Waals surface area contributed by atoms with Crippen LogP contribution in [-0.2, 0) is 0 Å². The first-order chi connectivity index (χ1) is 5.52. The highest BCUT2D eigenvalue weighted by atomic mass is 79.9. The molecule has 0 saturated heterocycles. The molecule has 0 N–H and O–H groups in total. The maximum Gasteiger partial charge on any atom is 0.0227 e. The van der Waals surface area contributed by atoms with Gasteiger partial charge in [-0.2, -0.15) is 0 Å². The molecule has 0 saturated carbocycles. The standard InChI is InChI=1S/C11H23Br/c1-5-7-10(3)8-9-11(4,12)6-2/h10H,5-9H2,1-4H3/t10?,11-/m1/s1. The molecule has 0 nitrogen and oxygen atoms in total. The minimum atomic E-state index is 0.384. The van der Waals surface area contributed by atoms with Crippen molar-refractivity contribution < 1.29 is 0 Å². The molecule has 0 heterocycles. The van der Waals surface area contributed by atoms with Gasteiger partial charge in [0, 0.05) is 4.32 Å². The first kappa shape index (κ1) is 12.5. The third kappa shape index (κ3) is 6.05. The summed E-state index contributed by atoms with van der Waals surface area (Å²) < 4.78 is 0.384. The van der Waals surface area contributed by atoms with Crippen molar-refractivity contribution in [3.8, 4) is 0 Å². The lowest BCUT2D eigenvalue weighted by Gasteiger charge is -2.22. The second-order valence-corrected chi connectivity index (χ2v) is 6.11. The summed E-state index contributed by atoms with van der Waals surface area (Å²) in [7, 11) is 0. The summed E-state index contributed by atoms with van der Waals surface area (Å²) in [6.45, 7) is 9.18. The number of alkyl halides is 1. The molecule has 0 aliphatic carbocycles. The first-order valence-electron chi connectivity index (χ1n) is 5.20. The van der Waals surface area contributed by atoms with Gasteiger partial charge in [-0.1, -0.05) is 49.5 Å². The summed E-state index contributed by atoms with van der Waals surface area (Å²) in [5.74, 6) is 0.901. The molecule has 0 aromatic rings. The highest BCUT2D eigenvalue weighted by molar-refractivity contribution is 9.10. The molecule has 0 fully saturated rings. The third-order valence-electron chi connectivity index (χ3n) is 2.68. The van der Waals surface area contributed by atoms with Gasteiger partial charge in [0.1, 0.15) is 0 Å². The van der Waals surface area contributed by atoms with E-state index in [1.165, 1.54) is 32.1 Å². The number of hydrogen-bond donors (Lipinski definition) is 0. The van der Waals surface area contributed by atoms with Gasteiger partial charge in [0.15, 0.2) is 0 Å². The van der Waals surface area contributed by atoms with Crippen LogP contribution in [0.1, 0.15) is 59.8 Å². The van der Waals surface area contributed by atoms with Gasteiger partial charge in [-0.3, -0.25) is 0 Å². The Morgan fingerprint density at radius 2 is 1.83 bits per heavy atom. The first-order valence-corrected chi connectivity index (χ1v) is 6.00. The van der Waals surface area contributed by atoms with Crippen LogP contribution < -0.4 is 0 Å². The number of halogens is 1. The molecule has 0 aliphatic heterocycles. The molecule has 0 rings (SSSR count). The summed E-state index contributed by atoms with van der Waals surface area (Å²) in [5, 5.41) is 0. The van der Waals surface area contributed by atoms with Crippen LogP contribution in [-0.4, -0.2) is 4.32 Å². The van der Waals surface area contributed by atoms with Gasteiger partial charge in [0.25, 0.3) is 0 Å². The zero-order valence-electron chi connectivity index (χ0n) is 8.99. The van der Waals surface area contributed by atoms with Crippen LogP contribution in [0.2, 0.25) is 0 Å². The van der Waals surface area contributed by atoms with E-state index in [1.54, 1.807) is 0 Å². The van der Waals surface area contributed by atoms with Gasteiger partial charge in [-0.15, -0.1) is 0 Å². The van der Waals surface area contributed by atoms with Crippen LogP contribution in [0, 0.1) is 5.92 Å². The zero-order valence-corrected chi connectivity index (χ0v) is 10.6. The maximum absolute atomic E-state index is 3.76. The summed E-state index contributed by atoms with van der Waals surface area (Å²) >= 11 is 3.76. The van der Waals surface area contributed by atoms with Crippen molar-refractivity contribution in [3.05, 3.63) is 0 Å². The topological polar surface area (TPSA) is 0 Å². The van der Waals surface area contributed by atoms with Crippen LogP contribution in [0.4, 0.5) is 0 Å². The number of hydrogen-bond acceptors (Lipinski definition) is 0. The number of rotatable bonds is 6. The van der Waals surface area contributed by atoms with Gasteiger partial charge in [0.2, 0.25) is 0 Å². The van der Waals surface area contributed by atoms with E-state index in [1.807, 2.05) is 0 Å². The van der Waals surface area contributed by atoms with Crippen LogP contribution in [0.3, 0.4) is 0 Å². The molecule has 0 aromatic carbocycles. The molecule has 0 amide bonds. The molecule has 0 aromatic heterocycles. The van der Waals surface area contributed by atoms with Gasteiger partial charge in [-0.05, 0) is 32.1 Å². The fraction of sp³-hybridized carbons (Fsp3) is 1.00. The minimum Gasteiger partial charge on any atom is -0.0856 e. The molecule has 1 heteroatoms. The summed E-state index contributed by atoms with van der Waals surface area (Å²) in [5.41, 5.74) is 0. The maximum atomic E-state index is 3.76. The van der Waals surface area contributed by atoms with Crippen LogP contribution in [0.15, 0.2) is 0 Å². The van der Waals surface area contributed by atoms with Crippen molar-refractivity contribution in [2.24, 2.45) is 5.92 Å². The molecule has 1 unspecified atom stereocenters. The second-order valence-electron chi connectivity index (χ2n) is 4.20. The molecule has 0 radical (unpaired) electrons. The molecule has 12 heavy (non-hydrogen) atoms. The Labute approximate surface area is 86.3 Å².